The Bertz CT molecular complexity index is 926. The molecule has 0 spiro atoms. The summed E-state index contributed by atoms with van der Waals surface area (Å²) in [5, 5.41) is 3.22. The number of hydrogen-bond acceptors (Lipinski definition) is 8. The standard InChI is InChI=1S/C17H17N7O/c1-3-15(25)13-4-10(2)14(7-20-13)24-17-11(6-19-8-23-17)12-5-16(18)22-9-21-12/h4-9H,3H2,1-2H3,(H2,18,21,22)(H,19,23,24). The summed E-state index contributed by atoms with van der Waals surface area (Å²) < 4.78 is 0. The number of aromatic nitrogens is 5. The van der Waals surface area contributed by atoms with E-state index in [1.165, 1.54) is 12.7 Å². The monoisotopic (exact) mass is 335 g/mol. The molecule has 8 heteroatoms. The maximum absolute atomic E-state index is 11.8. The fourth-order valence-corrected chi connectivity index (χ4v) is 2.28. The molecule has 3 aromatic rings. The summed E-state index contributed by atoms with van der Waals surface area (Å²) in [5.41, 5.74) is 9.11. The number of hydrogen-bond donors (Lipinski definition) is 2. The Morgan fingerprint density at radius 1 is 1.12 bits per heavy atom. The number of Topliss-reactive ketones (excluding diaryl/α,β-unsaturated/α-hetero) is 1. The van der Waals surface area contributed by atoms with E-state index >= 15 is 0 Å². The van der Waals surface area contributed by atoms with E-state index in [0.717, 1.165) is 11.3 Å². The first-order chi connectivity index (χ1) is 12.1. The van der Waals surface area contributed by atoms with Gasteiger partial charge in [0.2, 0.25) is 0 Å². The van der Waals surface area contributed by atoms with Crippen LogP contribution in [0.1, 0.15) is 29.4 Å². The van der Waals surface area contributed by atoms with Gasteiger partial charge in [-0.3, -0.25) is 9.78 Å². The van der Waals surface area contributed by atoms with E-state index in [2.05, 4.69) is 30.2 Å². The first kappa shape index (κ1) is 16.4. The van der Waals surface area contributed by atoms with E-state index in [9.17, 15) is 4.79 Å². The van der Waals surface area contributed by atoms with E-state index in [4.69, 9.17) is 5.73 Å². The average molecular weight is 335 g/mol. The zero-order valence-corrected chi connectivity index (χ0v) is 13.9. The summed E-state index contributed by atoms with van der Waals surface area (Å²) >= 11 is 0. The Morgan fingerprint density at radius 2 is 1.96 bits per heavy atom. The number of carbonyl (C=O) groups excluding carboxylic acids is 1. The van der Waals surface area contributed by atoms with Gasteiger partial charge in [-0.2, -0.15) is 0 Å². The summed E-state index contributed by atoms with van der Waals surface area (Å²) in [6.45, 7) is 3.71. The fraction of sp³-hybridized carbons (Fsp3) is 0.176. The second kappa shape index (κ2) is 7.00. The molecule has 0 radical (unpaired) electrons. The zero-order chi connectivity index (χ0) is 17.8. The maximum Gasteiger partial charge on any atom is 0.180 e. The summed E-state index contributed by atoms with van der Waals surface area (Å²) in [4.78, 5) is 32.4. The van der Waals surface area contributed by atoms with Crippen molar-refractivity contribution in [1.29, 1.82) is 0 Å². The largest absolute Gasteiger partial charge is 0.384 e. The molecule has 0 aliphatic carbocycles. The van der Waals surface area contributed by atoms with Gasteiger partial charge in [-0.25, -0.2) is 19.9 Å². The number of carbonyl (C=O) groups is 1. The zero-order valence-electron chi connectivity index (χ0n) is 13.9. The third-order valence-corrected chi connectivity index (χ3v) is 3.65. The van der Waals surface area contributed by atoms with Gasteiger partial charge in [0.25, 0.3) is 0 Å². The van der Waals surface area contributed by atoms with E-state index in [0.29, 0.717) is 35.0 Å². The Balaban J connectivity index is 1.95. The minimum atomic E-state index is 0.00818. The molecule has 0 unspecified atom stereocenters. The van der Waals surface area contributed by atoms with Crippen LogP contribution in [0.3, 0.4) is 0 Å². The van der Waals surface area contributed by atoms with Gasteiger partial charge in [0.1, 0.15) is 30.0 Å². The minimum absolute atomic E-state index is 0.00818. The van der Waals surface area contributed by atoms with Gasteiger partial charge in [-0.15, -0.1) is 0 Å². The highest BCUT2D eigenvalue weighted by Crippen LogP contribution is 2.27. The SMILES string of the molecule is CCC(=O)c1cc(C)c(Nc2ncncc2-c2cc(N)ncn2)cn1. The number of rotatable bonds is 5. The van der Waals surface area contributed by atoms with Gasteiger partial charge >= 0.3 is 0 Å². The van der Waals surface area contributed by atoms with Gasteiger partial charge < -0.3 is 11.1 Å². The number of nitrogens with zero attached hydrogens (tertiary/aromatic N) is 5. The van der Waals surface area contributed by atoms with Crippen LogP contribution >= 0.6 is 0 Å². The van der Waals surface area contributed by atoms with E-state index < -0.39 is 0 Å². The average Bonchev–Trinajstić information content (AvgIpc) is 2.63. The van der Waals surface area contributed by atoms with Crippen LogP contribution in [0.25, 0.3) is 11.3 Å². The van der Waals surface area contributed by atoms with Crippen molar-refractivity contribution in [1.82, 2.24) is 24.9 Å². The van der Waals surface area contributed by atoms with Crippen molar-refractivity contribution in [3.05, 3.63) is 48.4 Å². The van der Waals surface area contributed by atoms with Gasteiger partial charge in [0, 0.05) is 18.7 Å². The molecule has 0 atom stereocenters. The lowest BCUT2D eigenvalue weighted by atomic mass is 10.1. The third kappa shape index (κ3) is 3.57. The molecule has 126 valence electrons. The highest BCUT2D eigenvalue weighted by Gasteiger charge is 2.12. The Hall–Kier alpha value is -3.42. The highest BCUT2D eigenvalue weighted by atomic mass is 16.1. The lowest BCUT2D eigenvalue weighted by molar-refractivity contribution is 0.0983. The predicted molar refractivity (Wildman–Crippen MR) is 94.3 cm³/mol. The van der Waals surface area contributed by atoms with Crippen molar-refractivity contribution >= 4 is 23.1 Å². The van der Waals surface area contributed by atoms with Gasteiger partial charge in [0.15, 0.2) is 5.78 Å². The lowest BCUT2D eigenvalue weighted by Gasteiger charge is -2.12. The molecule has 0 amide bonds. The van der Waals surface area contributed by atoms with Gasteiger partial charge in [-0.1, -0.05) is 6.92 Å². The van der Waals surface area contributed by atoms with Crippen molar-refractivity contribution in [3.8, 4) is 11.3 Å². The molecule has 3 heterocycles. The number of ketones is 1. The summed E-state index contributed by atoms with van der Waals surface area (Å²) in [7, 11) is 0. The van der Waals surface area contributed by atoms with Crippen LogP contribution in [0.2, 0.25) is 0 Å². The van der Waals surface area contributed by atoms with E-state index in [1.54, 1.807) is 24.5 Å². The van der Waals surface area contributed by atoms with Crippen molar-refractivity contribution in [2.75, 3.05) is 11.1 Å². The first-order valence-electron chi connectivity index (χ1n) is 7.73. The second-order valence-corrected chi connectivity index (χ2v) is 5.40. The van der Waals surface area contributed by atoms with E-state index in [-0.39, 0.29) is 5.78 Å². The Kier molecular flexibility index (Phi) is 4.60. The smallest absolute Gasteiger partial charge is 0.180 e. The number of anilines is 3. The summed E-state index contributed by atoms with van der Waals surface area (Å²) in [6.07, 6.45) is 6.52. The van der Waals surface area contributed by atoms with Crippen LogP contribution in [0, 0.1) is 6.92 Å². The Labute approximate surface area is 144 Å². The molecule has 0 aliphatic heterocycles. The molecular weight excluding hydrogens is 318 g/mol. The quantitative estimate of drug-likeness (QED) is 0.683. The van der Waals surface area contributed by atoms with Crippen LogP contribution in [-0.4, -0.2) is 30.7 Å². The second-order valence-electron chi connectivity index (χ2n) is 5.40. The topological polar surface area (TPSA) is 120 Å². The van der Waals surface area contributed by atoms with Crippen LogP contribution in [0.15, 0.2) is 37.2 Å². The van der Waals surface area contributed by atoms with Crippen LogP contribution in [-0.2, 0) is 0 Å². The number of pyridine rings is 1. The number of aryl methyl sites for hydroxylation is 1. The molecular formula is C17H17N7O. The van der Waals surface area contributed by atoms with Crippen molar-refractivity contribution in [2.24, 2.45) is 0 Å². The highest BCUT2D eigenvalue weighted by molar-refractivity contribution is 5.94. The summed E-state index contributed by atoms with van der Waals surface area (Å²) in [6, 6.07) is 3.41. The normalized spacial score (nSPS) is 10.5. The van der Waals surface area contributed by atoms with Crippen LogP contribution in [0.5, 0.6) is 0 Å². The molecule has 0 saturated carbocycles. The molecule has 0 aromatic carbocycles. The minimum Gasteiger partial charge on any atom is -0.384 e. The number of nitrogens with one attached hydrogen (secondary N) is 1. The molecule has 0 saturated heterocycles. The number of nitrogens with two attached hydrogens (primary N) is 1. The van der Waals surface area contributed by atoms with Crippen molar-refractivity contribution in [3.63, 3.8) is 0 Å². The maximum atomic E-state index is 11.8. The molecule has 0 fully saturated rings. The first-order valence-corrected chi connectivity index (χ1v) is 7.73. The molecule has 0 aliphatic rings. The number of nitrogen functional groups attached to an aromatic ring is 1. The van der Waals surface area contributed by atoms with E-state index in [1.807, 2.05) is 13.8 Å². The van der Waals surface area contributed by atoms with Crippen molar-refractivity contribution in [2.45, 2.75) is 20.3 Å². The third-order valence-electron chi connectivity index (χ3n) is 3.65. The molecule has 25 heavy (non-hydrogen) atoms. The fourth-order valence-electron chi connectivity index (χ4n) is 2.28. The Morgan fingerprint density at radius 3 is 2.68 bits per heavy atom. The molecule has 3 N–H and O–H groups in total. The van der Waals surface area contributed by atoms with Gasteiger partial charge in [-0.05, 0) is 18.6 Å². The molecule has 8 nitrogen and oxygen atoms in total. The van der Waals surface area contributed by atoms with Crippen LogP contribution < -0.4 is 11.1 Å². The molecule has 3 aromatic heterocycles. The predicted octanol–water partition coefficient (Wildman–Crippen LogP) is 2.56. The molecule has 0 bridgehead atoms. The van der Waals surface area contributed by atoms with Crippen molar-refractivity contribution < 1.29 is 4.79 Å². The lowest BCUT2D eigenvalue weighted by Crippen LogP contribution is -2.04. The van der Waals surface area contributed by atoms with Gasteiger partial charge in [0.05, 0.1) is 23.1 Å². The van der Waals surface area contributed by atoms with Crippen LogP contribution in [0.4, 0.5) is 17.3 Å². The summed E-state index contributed by atoms with van der Waals surface area (Å²) in [5.74, 6) is 0.932. The molecule has 3 rings (SSSR count).